The van der Waals surface area contributed by atoms with Crippen molar-refractivity contribution in [1.29, 1.82) is 0 Å². The molecule has 12 heteroatoms. The predicted molar refractivity (Wildman–Crippen MR) is 139 cm³/mol. The van der Waals surface area contributed by atoms with Gasteiger partial charge in [0.05, 0.1) is 26.4 Å². The summed E-state index contributed by atoms with van der Waals surface area (Å²) in [5, 5.41) is 23.5. The van der Waals surface area contributed by atoms with Gasteiger partial charge in [-0.3, -0.25) is 9.80 Å². The van der Waals surface area contributed by atoms with Crippen molar-refractivity contribution in [3.05, 3.63) is 58.7 Å². The Morgan fingerprint density at radius 2 is 0.825 bits per heavy atom. The molecule has 0 aliphatic carbocycles. The average Bonchev–Trinajstić information content (AvgIpc) is 2.87. The Balaban J connectivity index is -0.000000295. The zero-order valence-electron chi connectivity index (χ0n) is 25.0. The number of hydrogen-bond donors (Lipinski definition) is 0. The summed E-state index contributed by atoms with van der Waals surface area (Å²) in [5.41, 5.74) is 3.90. The molecular weight excluding hydrogens is 751 g/mol. The van der Waals surface area contributed by atoms with Crippen LogP contribution in [0.3, 0.4) is 0 Å². The monoisotopic (exact) mass is 790 g/mol. The number of halogens is 2. The zero-order chi connectivity index (χ0) is 26.8. The van der Waals surface area contributed by atoms with Crippen molar-refractivity contribution in [3.8, 4) is 11.5 Å². The molecule has 0 aliphatic heterocycles. The first-order valence-corrected chi connectivity index (χ1v) is 12.3. The second-order valence-electron chi connectivity index (χ2n) is 8.75. The summed E-state index contributed by atoms with van der Waals surface area (Å²) >= 11 is 0. The fraction of sp³-hybridized carbons (Fsp3) is 0.571. The molecule has 8 nitrogen and oxygen atoms in total. The Labute approximate surface area is 288 Å². The molecule has 0 radical (unpaired) electrons. The van der Waals surface area contributed by atoms with Gasteiger partial charge in [-0.15, -0.1) is 11.5 Å². The van der Waals surface area contributed by atoms with Crippen LogP contribution in [0.15, 0.2) is 36.4 Å². The van der Waals surface area contributed by atoms with E-state index in [0.29, 0.717) is 39.5 Å². The maximum atomic E-state index is 11.8. The molecule has 2 aromatic carbocycles. The Morgan fingerprint density at radius 3 is 1.07 bits per heavy atom. The summed E-state index contributed by atoms with van der Waals surface area (Å²) in [7, 11) is 6.72. The maximum Gasteiger partial charge on any atom is 2.00 e. The van der Waals surface area contributed by atoms with Gasteiger partial charge in [0.25, 0.3) is 0 Å². The van der Waals surface area contributed by atoms with Crippen LogP contribution < -0.4 is 44.2 Å². The summed E-state index contributed by atoms with van der Waals surface area (Å²) < 4.78 is 20.3. The van der Waals surface area contributed by atoms with Crippen molar-refractivity contribution in [1.82, 2.24) is 9.80 Å². The normalized spacial score (nSPS) is 10.0. The van der Waals surface area contributed by atoms with Crippen molar-refractivity contribution < 1.29 is 102 Å². The van der Waals surface area contributed by atoms with Crippen LogP contribution >= 0.6 is 0 Å². The van der Waals surface area contributed by atoms with E-state index in [1.165, 1.54) is 0 Å². The molecule has 0 spiro atoms. The maximum absolute atomic E-state index is 11.8. The van der Waals surface area contributed by atoms with Gasteiger partial charge < -0.3 is 63.1 Å². The molecule has 2 aromatic rings. The summed E-state index contributed by atoms with van der Waals surface area (Å²) in [6, 6.07) is 10.9. The minimum Gasteiger partial charge on any atom is -1.00 e. The smallest absolute Gasteiger partial charge is 1.00 e. The number of nitrogens with zero attached hydrogens (tertiary/aromatic N) is 2. The topological polar surface area (TPSA) is 89.5 Å². The molecule has 0 heterocycles. The van der Waals surface area contributed by atoms with Gasteiger partial charge in [-0.1, -0.05) is 47.5 Å². The minimum absolute atomic E-state index is 0. The van der Waals surface area contributed by atoms with Crippen LogP contribution in [0.2, 0.25) is 0 Å². The number of benzene rings is 2. The van der Waals surface area contributed by atoms with E-state index >= 15 is 0 Å². The SMILES string of the molecule is COCCN(CCOC)Cc1cc(C)ccc1[O-].COCCN(CCOC)Cc1cc(C)ccc1[O-].[Br-].[Br-].[Zn+2].[Zn+2]. The first kappa shape index (κ1) is 47.0. The van der Waals surface area contributed by atoms with E-state index in [-0.39, 0.29) is 84.4 Å². The Kier molecular flexibility index (Phi) is 34.2. The minimum atomic E-state index is 0. The van der Waals surface area contributed by atoms with Crippen molar-refractivity contribution in [2.45, 2.75) is 26.9 Å². The van der Waals surface area contributed by atoms with Crippen LogP contribution in [-0.2, 0) is 71.0 Å². The van der Waals surface area contributed by atoms with E-state index in [9.17, 15) is 10.2 Å². The number of rotatable bonds is 16. The van der Waals surface area contributed by atoms with Gasteiger partial charge in [0.15, 0.2) is 0 Å². The fourth-order valence-corrected chi connectivity index (χ4v) is 3.57. The Hall–Kier alpha value is 0.00675. The number of hydrogen-bond acceptors (Lipinski definition) is 8. The first-order valence-electron chi connectivity index (χ1n) is 12.3. The number of aryl methyl sites for hydroxylation is 2. The molecule has 0 atom stereocenters. The van der Waals surface area contributed by atoms with E-state index in [4.69, 9.17) is 18.9 Å². The van der Waals surface area contributed by atoms with E-state index in [2.05, 4.69) is 9.80 Å². The molecule has 0 aliphatic rings. The third-order valence-corrected chi connectivity index (χ3v) is 5.67. The van der Waals surface area contributed by atoms with E-state index < -0.39 is 0 Å². The molecule has 0 fully saturated rings. The van der Waals surface area contributed by atoms with Crippen LogP contribution in [0.4, 0.5) is 0 Å². The Morgan fingerprint density at radius 1 is 0.550 bits per heavy atom. The van der Waals surface area contributed by atoms with Gasteiger partial charge >= 0.3 is 39.0 Å². The average molecular weight is 795 g/mol. The third kappa shape index (κ3) is 20.8. The molecule has 220 valence electrons. The molecule has 0 aromatic heterocycles. The van der Waals surface area contributed by atoms with Crippen LogP contribution in [0.1, 0.15) is 22.3 Å². The zero-order valence-corrected chi connectivity index (χ0v) is 34.2. The van der Waals surface area contributed by atoms with Crippen LogP contribution in [0, 0.1) is 13.8 Å². The Bertz CT molecular complexity index is 786. The molecule has 0 saturated heterocycles. The van der Waals surface area contributed by atoms with Gasteiger partial charge in [0.1, 0.15) is 0 Å². The molecule has 0 saturated carbocycles. The standard InChI is InChI=1S/2C14H23NO3.2BrH.2Zn/c2*1-12-4-5-14(16)13(10-12)11-15(6-8-17-2)7-9-18-3;;;;/h2*4-5,10,16H,6-9,11H2,1-3H3;2*1H;;/q;;;;2*+2/p-4. The molecule has 0 N–H and O–H groups in total. The van der Waals surface area contributed by atoms with Gasteiger partial charge in [-0.2, -0.15) is 0 Å². The van der Waals surface area contributed by atoms with Gasteiger partial charge in [-0.05, 0) is 25.0 Å². The first-order chi connectivity index (χ1) is 17.3. The van der Waals surface area contributed by atoms with Gasteiger partial charge in [0.2, 0.25) is 0 Å². The van der Waals surface area contributed by atoms with Crippen LogP contribution in [0.5, 0.6) is 11.5 Å². The predicted octanol–water partition coefficient (Wildman–Crippen LogP) is -3.67. The van der Waals surface area contributed by atoms with Crippen molar-refractivity contribution in [3.63, 3.8) is 0 Å². The summed E-state index contributed by atoms with van der Waals surface area (Å²) in [6.07, 6.45) is 0. The summed E-state index contributed by atoms with van der Waals surface area (Å²) in [5.74, 6) is 0.195. The second-order valence-corrected chi connectivity index (χ2v) is 8.75. The molecule has 0 amide bonds. The van der Waals surface area contributed by atoms with Gasteiger partial charge in [-0.25, -0.2) is 0 Å². The third-order valence-electron chi connectivity index (χ3n) is 5.67. The van der Waals surface area contributed by atoms with E-state index in [1.807, 2.05) is 38.1 Å². The molecular formula is C28H44Br2N2O6Zn2. The second kappa shape index (κ2) is 29.1. The molecule has 2 rings (SSSR count). The molecule has 40 heavy (non-hydrogen) atoms. The van der Waals surface area contributed by atoms with Gasteiger partial charge in [0, 0.05) is 67.7 Å². The summed E-state index contributed by atoms with van der Waals surface area (Å²) in [4.78, 5) is 4.34. The van der Waals surface area contributed by atoms with Crippen molar-refractivity contribution in [2.24, 2.45) is 0 Å². The number of methoxy groups -OCH3 is 4. The van der Waals surface area contributed by atoms with Crippen LogP contribution in [-0.4, -0.2) is 90.8 Å². The van der Waals surface area contributed by atoms with Crippen molar-refractivity contribution >= 4 is 0 Å². The largest absolute Gasteiger partial charge is 2.00 e. The van der Waals surface area contributed by atoms with Crippen LogP contribution in [0.25, 0.3) is 0 Å². The number of ether oxygens (including phenoxy) is 4. The van der Waals surface area contributed by atoms with Crippen molar-refractivity contribution in [2.75, 3.05) is 81.0 Å². The summed E-state index contributed by atoms with van der Waals surface area (Å²) in [6.45, 7) is 11.1. The fourth-order valence-electron chi connectivity index (χ4n) is 3.57. The van der Waals surface area contributed by atoms with E-state index in [1.54, 1.807) is 40.6 Å². The van der Waals surface area contributed by atoms with E-state index in [0.717, 1.165) is 48.4 Å². The molecule has 0 bridgehead atoms. The molecule has 0 unspecified atom stereocenters. The quantitative estimate of drug-likeness (QED) is 0.161.